The number of ketones is 1. The van der Waals surface area contributed by atoms with Gasteiger partial charge in [0.25, 0.3) is 0 Å². The molecule has 1 aliphatic heterocycles. The van der Waals surface area contributed by atoms with E-state index in [0.29, 0.717) is 0 Å². The zero-order chi connectivity index (χ0) is 13.2. The molecular weight excluding hydrogens is 228 g/mol. The van der Waals surface area contributed by atoms with Gasteiger partial charge in [-0.15, -0.1) is 0 Å². The van der Waals surface area contributed by atoms with Crippen molar-refractivity contribution >= 4 is 5.78 Å². The predicted molar refractivity (Wildman–Crippen MR) is 68.1 cm³/mol. The number of carbonyl (C=O) groups excluding carboxylic acids is 1. The SMILES string of the molecule is CC1(C)OC[C@@]2(O)C(=O)C=C[C@@]3(C)CCC1C2C3. The largest absolute Gasteiger partial charge is 0.379 e. The van der Waals surface area contributed by atoms with Gasteiger partial charge in [0.15, 0.2) is 11.4 Å². The van der Waals surface area contributed by atoms with Crippen molar-refractivity contribution in [2.24, 2.45) is 17.3 Å². The van der Waals surface area contributed by atoms with Gasteiger partial charge in [-0.25, -0.2) is 0 Å². The van der Waals surface area contributed by atoms with Crippen molar-refractivity contribution in [1.82, 2.24) is 0 Å². The summed E-state index contributed by atoms with van der Waals surface area (Å²) in [6.07, 6.45) is 6.58. The molecule has 0 amide bonds. The fraction of sp³-hybridized carbons (Fsp3) is 0.800. The van der Waals surface area contributed by atoms with Gasteiger partial charge < -0.3 is 9.84 Å². The van der Waals surface area contributed by atoms with E-state index in [2.05, 4.69) is 20.8 Å². The summed E-state index contributed by atoms with van der Waals surface area (Å²) in [5.41, 5.74) is -1.47. The molecule has 1 N–H and O–H groups in total. The molecule has 0 aromatic heterocycles. The van der Waals surface area contributed by atoms with E-state index in [0.717, 1.165) is 19.3 Å². The van der Waals surface area contributed by atoms with Gasteiger partial charge in [-0.05, 0) is 50.5 Å². The summed E-state index contributed by atoms with van der Waals surface area (Å²) in [7, 11) is 0. The van der Waals surface area contributed by atoms with Crippen molar-refractivity contribution in [2.45, 2.75) is 51.2 Å². The van der Waals surface area contributed by atoms with E-state index >= 15 is 0 Å². The van der Waals surface area contributed by atoms with Crippen LogP contribution in [0.3, 0.4) is 0 Å². The van der Waals surface area contributed by atoms with E-state index in [4.69, 9.17) is 4.74 Å². The zero-order valence-electron chi connectivity index (χ0n) is 11.4. The molecule has 0 aromatic rings. The number of carbonyl (C=O) groups is 1. The van der Waals surface area contributed by atoms with Gasteiger partial charge in [0.05, 0.1) is 12.2 Å². The van der Waals surface area contributed by atoms with Gasteiger partial charge in [0.1, 0.15) is 0 Å². The number of aliphatic hydroxyl groups is 1. The second-order valence-corrected chi connectivity index (χ2v) is 7.12. The lowest BCUT2D eigenvalue weighted by molar-refractivity contribution is -0.227. The van der Waals surface area contributed by atoms with E-state index in [1.54, 1.807) is 6.08 Å². The Labute approximate surface area is 108 Å². The van der Waals surface area contributed by atoms with Crippen LogP contribution in [0.5, 0.6) is 0 Å². The predicted octanol–water partition coefficient (Wildman–Crippen LogP) is 2.09. The normalized spacial score (nSPS) is 49.9. The maximum atomic E-state index is 12.2. The minimum atomic E-state index is -1.30. The van der Waals surface area contributed by atoms with Crippen LogP contribution in [-0.4, -0.2) is 28.7 Å². The van der Waals surface area contributed by atoms with Crippen molar-refractivity contribution in [3.8, 4) is 0 Å². The van der Waals surface area contributed by atoms with Crippen LogP contribution in [0.2, 0.25) is 0 Å². The topological polar surface area (TPSA) is 46.5 Å². The Kier molecular flexibility index (Phi) is 2.37. The molecule has 1 saturated heterocycles. The second kappa shape index (κ2) is 3.45. The van der Waals surface area contributed by atoms with Crippen LogP contribution >= 0.6 is 0 Å². The summed E-state index contributed by atoms with van der Waals surface area (Å²) in [6.45, 7) is 6.51. The lowest BCUT2D eigenvalue weighted by atomic mass is 9.57. The first kappa shape index (κ1) is 12.4. The molecule has 3 rings (SSSR count). The smallest absolute Gasteiger partial charge is 0.189 e. The molecule has 2 bridgehead atoms. The van der Waals surface area contributed by atoms with Gasteiger partial charge in [0.2, 0.25) is 0 Å². The van der Waals surface area contributed by atoms with E-state index in [9.17, 15) is 9.90 Å². The number of hydrogen-bond donors (Lipinski definition) is 1. The lowest BCUT2D eigenvalue weighted by Crippen LogP contribution is -2.63. The summed E-state index contributed by atoms with van der Waals surface area (Å²) in [5.74, 6) is 0.134. The van der Waals surface area contributed by atoms with Crippen LogP contribution in [0.1, 0.15) is 40.0 Å². The Morgan fingerprint density at radius 2 is 2.06 bits per heavy atom. The molecule has 0 radical (unpaired) electrons. The monoisotopic (exact) mass is 250 g/mol. The zero-order valence-corrected chi connectivity index (χ0v) is 11.4. The van der Waals surface area contributed by atoms with E-state index < -0.39 is 5.60 Å². The summed E-state index contributed by atoms with van der Waals surface area (Å²) < 4.78 is 5.82. The molecule has 18 heavy (non-hydrogen) atoms. The highest BCUT2D eigenvalue weighted by Gasteiger charge is 2.59. The molecule has 2 unspecified atom stereocenters. The van der Waals surface area contributed by atoms with Gasteiger partial charge in [-0.2, -0.15) is 0 Å². The minimum absolute atomic E-state index is 0.0301. The summed E-state index contributed by atoms with van der Waals surface area (Å²) >= 11 is 0. The molecule has 0 aromatic carbocycles. The third-order valence-corrected chi connectivity index (χ3v) is 5.43. The van der Waals surface area contributed by atoms with Crippen molar-refractivity contribution in [3.63, 3.8) is 0 Å². The van der Waals surface area contributed by atoms with Crippen molar-refractivity contribution < 1.29 is 14.6 Å². The molecule has 3 heteroatoms. The highest BCUT2D eigenvalue weighted by molar-refractivity contribution is 5.97. The van der Waals surface area contributed by atoms with Gasteiger partial charge in [-0.1, -0.05) is 13.0 Å². The first-order chi connectivity index (χ1) is 8.27. The summed E-state index contributed by atoms with van der Waals surface area (Å²) in [6, 6.07) is 0. The maximum absolute atomic E-state index is 12.2. The molecule has 1 saturated carbocycles. The Hall–Kier alpha value is -0.670. The average Bonchev–Trinajstić information content (AvgIpc) is 2.38. The average molecular weight is 250 g/mol. The highest BCUT2D eigenvalue weighted by atomic mass is 16.5. The molecular formula is C15H22O3. The van der Waals surface area contributed by atoms with Gasteiger partial charge in [-0.3, -0.25) is 4.79 Å². The quantitative estimate of drug-likeness (QED) is 0.716. The first-order valence-electron chi connectivity index (χ1n) is 6.87. The molecule has 100 valence electrons. The molecule has 4 atom stereocenters. The molecule has 3 aliphatic rings. The van der Waals surface area contributed by atoms with Crippen LogP contribution in [-0.2, 0) is 9.53 Å². The van der Waals surface area contributed by atoms with Gasteiger partial charge in [0, 0.05) is 5.92 Å². The highest BCUT2D eigenvalue weighted by Crippen LogP contribution is 2.55. The van der Waals surface area contributed by atoms with Crippen LogP contribution in [0.15, 0.2) is 12.2 Å². The molecule has 0 spiro atoms. The van der Waals surface area contributed by atoms with Crippen molar-refractivity contribution in [3.05, 3.63) is 12.2 Å². The van der Waals surface area contributed by atoms with Gasteiger partial charge >= 0.3 is 0 Å². The number of fused-ring (bicyclic) bond motifs is 1. The fourth-order valence-corrected chi connectivity index (χ4v) is 4.10. The second-order valence-electron chi connectivity index (χ2n) is 7.12. The number of ether oxygens (including phenoxy) is 1. The molecule has 3 nitrogen and oxygen atoms in total. The standard InChI is InChI=1S/C15H22O3/c1-13(2)10-4-6-14(3)7-5-12(16)15(17,9-18-13)11(10)8-14/h5,7,10-11,17H,4,6,8-9H2,1-3H3/t10?,11?,14-,15+/m1/s1. The minimum Gasteiger partial charge on any atom is -0.379 e. The Balaban J connectivity index is 2.08. The summed E-state index contributed by atoms with van der Waals surface area (Å²) in [4.78, 5) is 12.2. The van der Waals surface area contributed by atoms with E-state index in [1.807, 2.05) is 6.08 Å². The number of rotatable bonds is 0. The summed E-state index contributed by atoms with van der Waals surface area (Å²) in [5, 5.41) is 10.8. The number of hydrogen-bond acceptors (Lipinski definition) is 3. The third-order valence-electron chi connectivity index (χ3n) is 5.43. The van der Waals surface area contributed by atoms with Crippen LogP contribution in [0.25, 0.3) is 0 Å². The van der Waals surface area contributed by atoms with E-state index in [-0.39, 0.29) is 35.2 Å². The maximum Gasteiger partial charge on any atom is 0.189 e. The van der Waals surface area contributed by atoms with Crippen LogP contribution in [0, 0.1) is 17.3 Å². The Morgan fingerprint density at radius 1 is 1.33 bits per heavy atom. The fourth-order valence-electron chi connectivity index (χ4n) is 4.10. The molecule has 2 fully saturated rings. The van der Waals surface area contributed by atoms with Crippen LogP contribution in [0.4, 0.5) is 0 Å². The Morgan fingerprint density at radius 3 is 2.78 bits per heavy atom. The third kappa shape index (κ3) is 1.53. The van der Waals surface area contributed by atoms with Crippen LogP contribution < -0.4 is 0 Å². The molecule has 2 aliphatic carbocycles. The first-order valence-corrected chi connectivity index (χ1v) is 6.87. The Bertz CT molecular complexity index is 425. The lowest BCUT2D eigenvalue weighted by Gasteiger charge is -2.55. The number of allylic oxidation sites excluding steroid dienone is 1. The molecule has 1 heterocycles. The van der Waals surface area contributed by atoms with E-state index in [1.165, 1.54) is 0 Å². The van der Waals surface area contributed by atoms with Crippen molar-refractivity contribution in [2.75, 3.05) is 6.61 Å². The van der Waals surface area contributed by atoms with Crippen molar-refractivity contribution in [1.29, 1.82) is 0 Å².